The minimum atomic E-state index is -0.903. The third-order valence-corrected chi connectivity index (χ3v) is 3.71. The summed E-state index contributed by atoms with van der Waals surface area (Å²) in [4.78, 5) is 12.0. The van der Waals surface area contributed by atoms with Crippen molar-refractivity contribution in [1.29, 1.82) is 0 Å². The average Bonchev–Trinajstić information content (AvgIpc) is 2.74. The summed E-state index contributed by atoms with van der Waals surface area (Å²) in [5, 5.41) is 2.51. The molecule has 2 nitrogen and oxygen atoms in total. The van der Waals surface area contributed by atoms with Crippen LogP contribution in [0.3, 0.4) is 0 Å². The van der Waals surface area contributed by atoms with Crippen LogP contribution >= 0.6 is 23.2 Å². The Morgan fingerprint density at radius 3 is 2.62 bits per heavy atom. The second kappa shape index (κ2) is 5.13. The molecule has 3 rings (SSSR count). The molecule has 0 unspecified atom stereocenters. The van der Waals surface area contributed by atoms with Gasteiger partial charge in [0, 0.05) is 21.7 Å². The fourth-order valence-electron chi connectivity index (χ4n) is 2.12. The average molecular weight is 326 g/mol. The van der Waals surface area contributed by atoms with Crippen LogP contribution < -0.4 is 5.32 Å². The van der Waals surface area contributed by atoms with Crippen LogP contribution in [0.25, 0.3) is 11.6 Å². The quantitative estimate of drug-likeness (QED) is 0.594. The van der Waals surface area contributed by atoms with Crippen LogP contribution in [0.1, 0.15) is 11.1 Å². The summed E-state index contributed by atoms with van der Waals surface area (Å²) < 4.78 is 27.1. The maximum Gasteiger partial charge on any atom is 0.256 e. The molecule has 0 spiro atoms. The Hall–Kier alpha value is -1.91. The Balaban J connectivity index is 2.14. The summed E-state index contributed by atoms with van der Waals surface area (Å²) in [6.07, 6.45) is 1.33. The molecule has 21 heavy (non-hydrogen) atoms. The van der Waals surface area contributed by atoms with Crippen molar-refractivity contribution in [3.05, 3.63) is 63.1 Å². The Morgan fingerprint density at radius 1 is 1.10 bits per heavy atom. The molecule has 0 bridgehead atoms. The predicted molar refractivity (Wildman–Crippen MR) is 79.3 cm³/mol. The number of fused-ring (bicyclic) bond motifs is 1. The van der Waals surface area contributed by atoms with Crippen LogP contribution in [-0.2, 0) is 4.79 Å². The first-order chi connectivity index (χ1) is 9.97. The molecule has 1 aliphatic rings. The minimum absolute atomic E-state index is 0.0364. The van der Waals surface area contributed by atoms with Crippen molar-refractivity contribution in [2.45, 2.75) is 0 Å². The van der Waals surface area contributed by atoms with Gasteiger partial charge in [-0.05, 0) is 30.3 Å². The van der Waals surface area contributed by atoms with Gasteiger partial charge in [0.1, 0.15) is 10.8 Å². The standard InChI is InChI=1S/C15H7Cl2F2NO/c16-8-2-3-9-10(15(21)20-12(9)6-8)5-7-1-4-11(18)13(17)14(7)19/h1-6H,(H,20,21)/b10-5+. The molecule has 0 saturated heterocycles. The van der Waals surface area contributed by atoms with Crippen LogP contribution in [0, 0.1) is 11.6 Å². The van der Waals surface area contributed by atoms with Gasteiger partial charge in [-0.3, -0.25) is 4.79 Å². The van der Waals surface area contributed by atoms with Gasteiger partial charge in [-0.2, -0.15) is 0 Å². The summed E-state index contributed by atoms with van der Waals surface area (Å²) in [5.74, 6) is -2.13. The number of halogens is 4. The van der Waals surface area contributed by atoms with Crippen LogP contribution in [0.15, 0.2) is 30.3 Å². The lowest BCUT2D eigenvalue weighted by Crippen LogP contribution is -2.03. The highest BCUT2D eigenvalue weighted by Crippen LogP contribution is 2.35. The normalized spacial score (nSPS) is 15.2. The fourth-order valence-corrected chi connectivity index (χ4v) is 2.46. The number of carbonyl (C=O) groups excluding carboxylic acids is 1. The number of nitrogens with one attached hydrogen (secondary N) is 1. The highest BCUT2D eigenvalue weighted by atomic mass is 35.5. The topological polar surface area (TPSA) is 29.1 Å². The predicted octanol–water partition coefficient (Wildman–Crippen LogP) is 4.76. The number of carbonyl (C=O) groups is 1. The summed E-state index contributed by atoms with van der Waals surface area (Å²) >= 11 is 11.4. The Kier molecular flexibility index (Phi) is 3.43. The third-order valence-electron chi connectivity index (χ3n) is 3.13. The number of rotatable bonds is 1. The molecule has 1 amide bonds. The van der Waals surface area contributed by atoms with Gasteiger partial charge in [0.15, 0.2) is 5.82 Å². The summed E-state index contributed by atoms with van der Waals surface area (Å²) in [6, 6.07) is 7.16. The van der Waals surface area contributed by atoms with E-state index in [1.165, 1.54) is 12.1 Å². The van der Waals surface area contributed by atoms with Crippen LogP contribution in [0.5, 0.6) is 0 Å². The van der Waals surface area contributed by atoms with E-state index in [1.807, 2.05) is 0 Å². The van der Waals surface area contributed by atoms with E-state index in [0.717, 1.165) is 6.07 Å². The highest BCUT2D eigenvalue weighted by Gasteiger charge is 2.24. The molecule has 0 radical (unpaired) electrons. The highest BCUT2D eigenvalue weighted by molar-refractivity contribution is 6.36. The van der Waals surface area contributed by atoms with Crippen LogP contribution in [-0.4, -0.2) is 5.91 Å². The Labute approximate surface area is 129 Å². The van der Waals surface area contributed by atoms with Crippen molar-refractivity contribution in [1.82, 2.24) is 0 Å². The summed E-state index contributed by atoms with van der Waals surface area (Å²) in [7, 11) is 0. The maximum absolute atomic E-state index is 13.9. The van der Waals surface area contributed by atoms with E-state index in [0.29, 0.717) is 16.3 Å². The lowest BCUT2D eigenvalue weighted by molar-refractivity contribution is -0.110. The SMILES string of the molecule is O=C1Nc2cc(Cl)ccc2/C1=C\c1ccc(F)c(Cl)c1F. The van der Waals surface area contributed by atoms with Gasteiger partial charge in [0.25, 0.3) is 5.91 Å². The van der Waals surface area contributed by atoms with Crippen molar-refractivity contribution >= 4 is 46.4 Å². The van der Waals surface area contributed by atoms with Crippen LogP contribution in [0.4, 0.5) is 14.5 Å². The first-order valence-electron chi connectivity index (χ1n) is 5.94. The van der Waals surface area contributed by atoms with E-state index in [2.05, 4.69) is 5.32 Å². The van der Waals surface area contributed by atoms with Gasteiger partial charge in [-0.1, -0.05) is 29.3 Å². The van der Waals surface area contributed by atoms with Gasteiger partial charge in [-0.15, -0.1) is 0 Å². The molecule has 0 atom stereocenters. The monoisotopic (exact) mass is 325 g/mol. The summed E-state index contributed by atoms with van der Waals surface area (Å²) in [6.45, 7) is 0. The molecular formula is C15H7Cl2F2NO. The zero-order valence-electron chi connectivity index (χ0n) is 10.4. The maximum atomic E-state index is 13.9. The molecule has 6 heteroatoms. The van der Waals surface area contributed by atoms with Gasteiger partial charge < -0.3 is 5.32 Å². The van der Waals surface area contributed by atoms with Crippen molar-refractivity contribution < 1.29 is 13.6 Å². The molecule has 1 N–H and O–H groups in total. The zero-order chi connectivity index (χ0) is 15.1. The Morgan fingerprint density at radius 2 is 1.86 bits per heavy atom. The van der Waals surface area contributed by atoms with Gasteiger partial charge in [-0.25, -0.2) is 8.78 Å². The number of hydrogen-bond donors (Lipinski definition) is 1. The van der Waals surface area contributed by atoms with E-state index in [-0.39, 0.29) is 17.0 Å². The first-order valence-corrected chi connectivity index (χ1v) is 6.69. The fraction of sp³-hybridized carbons (Fsp3) is 0. The first kappa shape index (κ1) is 14.0. The summed E-state index contributed by atoms with van der Waals surface area (Å²) in [5.41, 5.74) is 1.45. The lowest BCUT2D eigenvalue weighted by atomic mass is 10.0. The number of anilines is 1. The van der Waals surface area contributed by atoms with Gasteiger partial charge >= 0.3 is 0 Å². The second-order valence-corrected chi connectivity index (χ2v) is 5.28. The number of amides is 1. The molecule has 0 aromatic heterocycles. The lowest BCUT2D eigenvalue weighted by Gasteiger charge is -2.03. The van der Waals surface area contributed by atoms with Gasteiger partial charge in [0.05, 0.1) is 5.69 Å². The van der Waals surface area contributed by atoms with E-state index in [9.17, 15) is 13.6 Å². The van der Waals surface area contributed by atoms with Crippen molar-refractivity contribution in [3.8, 4) is 0 Å². The van der Waals surface area contributed by atoms with E-state index >= 15 is 0 Å². The second-order valence-electron chi connectivity index (χ2n) is 4.47. The van der Waals surface area contributed by atoms with Crippen molar-refractivity contribution in [2.24, 2.45) is 0 Å². The number of hydrogen-bond acceptors (Lipinski definition) is 1. The largest absolute Gasteiger partial charge is 0.321 e. The molecule has 1 aliphatic heterocycles. The smallest absolute Gasteiger partial charge is 0.256 e. The van der Waals surface area contributed by atoms with E-state index in [1.54, 1.807) is 18.2 Å². The molecule has 0 aliphatic carbocycles. The van der Waals surface area contributed by atoms with E-state index < -0.39 is 16.7 Å². The zero-order valence-corrected chi connectivity index (χ0v) is 11.9. The van der Waals surface area contributed by atoms with Crippen molar-refractivity contribution in [3.63, 3.8) is 0 Å². The van der Waals surface area contributed by atoms with Gasteiger partial charge in [0.2, 0.25) is 0 Å². The molecule has 2 aromatic carbocycles. The van der Waals surface area contributed by atoms with Crippen molar-refractivity contribution in [2.75, 3.05) is 5.32 Å². The third kappa shape index (κ3) is 2.41. The van der Waals surface area contributed by atoms with Crippen LogP contribution in [0.2, 0.25) is 10.0 Å². The molecule has 2 aromatic rings. The molecule has 1 heterocycles. The Bertz CT molecular complexity index is 803. The number of benzene rings is 2. The molecular weight excluding hydrogens is 319 g/mol. The molecule has 0 fully saturated rings. The molecule has 0 saturated carbocycles. The van der Waals surface area contributed by atoms with E-state index in [4.69, 9.17) is 23.2 Å². The molecule has 106 valence electrons. The minimum Gasteiger partial charge on any atom is -0.321 e.